The van der Waals surface area contributed by atoms with Crippen molar-refractivity contribution in [3.63, 3.8) is 0 Å². The van der Waals surface area contributed by atoms with Crippen LogP contribution in [0.5, 0.6) is 11.5 Å². The van der Waals surface area contributed by atoms with Crippen LogP contribution < -0.4 is 9.47 Å². The van der Waals surface area contributed by atoms with Gasteiger partial charge in [-0.05, 0) is 80.6 Å². The van der Waals surface area contributed by atoms with Gasteiger partial charge in [-0.15, -0.1) is 0 Å². The third kappa shape index (κ3) is 7.28. The fraction of sp³-hybridized carbons (Fsp3) is 0.481. The topological polar surface area (TPSA) is 59.1 Å². The van der Waals surface area contributed by atoms with E-state index in [1.807, 2.05) is 21.9 Å². The summed E-state index contributed by atoms with van der Waals surface area (Å²) in [6.07, 6.45) is 5.26. The van der Waals surface area contributed by atoms with Gasteiger partial charge in [0.2, 0.25) is 5.91 Å². The molecule has 0 aromatic heterocycles. The van der Waals surface area contributed by atoms with Crippen LogP contribution in [0.2, 0.25) is 10.0 Å². The van der Waals surface area contributed by atoms with Gasteiger partial charge in [0, 0.05) is 48.1 Å². The molecule has 2 aliphatic rings. The lowest BCUT2D eigenvalue weighted by atomic mass is 9.77. The Balaban J connectivity index is 1.43. The van der Waals surface area contributed by atoms with Crippen molar-refractivity contribution < 1.29 is 19.1 Å². The average Bonchev–Trinajstić information content (AvgIpc) is 2.88. The first-order chi connectivity index (χ1) is 16.9. The Morgan fingerprint density at radius 3 is 1.94 bits per heavy atom. The molecular formula is C27H32Cl2N2O4. The second-order valence-electron chi connectivity index (χ2n) is 9.52. The highest BCUT2D eigenvalue weighted by Crippen LogP contribution is 2.36. The third-order valence-electron chi connectivity index (χ3n) is 6.78. The number of benzene rings is 2. The van der Waals surface area contributed by atoms with Crippen molar-refractivity contribution in [1.29, 1.82) is 0 Å². The molecule has 2 heterocycles. The van der Waals surface area contributed by atoms with Crippen molar-refractivity contribution in [2.75, 3.05) is 39.4 Å². The van der Waals surface area contributed by atoms with Gasteiger partial charge in [0.05, 0.1) is 6.61 Å². The third-order valence-corrected chi connectivity index (χ3v) is 7.29. The molecule has 2 amide bonds. The van der Waals surface area contributed by atoms with Gasteiger partial charge in [-0.3, -0.25) is 9.59 Å². The maximum absolute atomic E-state index is 13.3. The normalized spacial score (nSPS) is 20.4. The van der Waals surface area contributed by atoms with Gasteiger partial charge in [-0.25, -0.2) is 0 Å². The largest absolute Gasteiger partial charge is 0.493 e. The van der Waals surface area contributed by atoms with E-state index in [2.05, 4.69) is 0 Å². The molecule has 4 rings (SSSR count). The van der Waals surface area contributed by atoms with Crippen molar-refractivity contribution in [1.82, 2.24) is 9.80 Å². The highest BCUT2D eigenvalue weighted by atomic mass is 35.5. The van der Waals surface area contributed by atoms with Crippen LogP contribution >= 0.6 is 23.2 Å². The first-order valence-electron chi connectivity index (χ1n) is 12.2. The van der Waals surface area contributed by atoms with E-state index < -0.39 is 5.41 Å². The van der Waals surface area contributed by atoms with Crippen LogP contribution in [0, 0.1) is 5.41 Å². The van der Waals surface area contributed by atoms with E-state index in [9.17, 15) is 9.59 Å². The number of hydrogen-bond acceptors (Lipinski definition) is 4. The molecule has 35 heavy (non-hydrogen) atoms. The Bertz CT molecular complexity index is 993. The van der Waals surface area contributed by atoms with Crippen molar-refractivity contribution >= 4 is 35.0 Å². The van der Waals surface area contributed by atoms with E-state index in [4.69, 9.17) is 32.7 Å². The number of amides is 2. The molecule has 0 spiro atoms. The first-order valence-corrected chi connectivity index (χ1v) is 13.0. The fourth-order valence-corrected chi connectivity index (χ4v) is 5.10. The number of nitrogens with zero attached hydrogens (tertiary/aromatic N) is 2. The summed E-state index contributed by atoms with van der Waals surface area (Å²) in [5.41, 5.74) is -0.456. The number of carbonyl (C=O) groups is 2. The minimum atomic E-state index is -0.456. The molecule has 0 N–H and O–H groups in total. The summed E-state index contributed by atoms with van der Waals surface area (Å²) in [5, 5.41) is 1.26. The molecule has 2 fully saturated rings. The van der Waals surface area contributed by atoms with Gasteiger partial charge >= 0.3 is 0 Å². The van der Waals surface area contributed by atoms with E-state index in [0.717, 1.165) is 38.8 Å². The van der Waals surface area contributed by atoms with Gasteiger partial charge in [0.15, 0.2) is 6.61 Å². The lowest BCUT2D eigenvalue weighted by Crippen LogP contribution is -2.52. The van der Waals surface area contributed by atoms with Crippen LogP contribution in [-0.4, -0.2) is 61.0 Å². The fourth-order valence-electron chi connectivity index (χ4n) is 4.84. The zero-order valence-electron chi connectivity index (χ0n) is 19.9. The monoisotopic (exact) mass is 518 g/mol. The van der Waals surface area contributed by atoms with Crippen LogP contribution in [-0.2, 0) is 9.59 Å². The zero-order valence-corrected chi connectivity index (χ0v) is 21.4. The number of ether oxygens (including phenoxy) is 2. The molecule has 0 saturated carbocycles. The van der Waals surface area contributed by atoms with E-state index in [0.29, 0.717) is 47.7 Å². The minimum absolute atomic E-state index is 0.0597. The van der Waals surface area contributed by atoms with Crippen LogP contribution in [0.25, 0.3) is 0 Å². The molecule has 6 nitrogen and oxygen atoms in total. The van der Waals surface area contributed by atoms with Crippen LogP contribution in [0.15, 0.2) is 48.5 Å². The Labute approximate surface area is 217 Å². The molecular weight excluding hydrogens is 487 g/mol. The Morgan fingerprint density at radius 2 is 1.31 bits per heavy atom. The van der Waals surface area contributed by atoms with Crippen LogP contribution in [0.3, 0.4) is 0 Å². The quantitative estimate of drug-likeness (QED) is 0.465. The molecule has 2 aromatic rings. The molecule has 0 aliphatic carbocycles. The lowest BCUT2D eigenvalue weighted by molar-refractivity contribution is -0.143. The van der Waals surface area contributed by atoms with Crippen LogP contribution in [0.1, 0.15) is 38.5 Å². The number of rotatable bonds is 8. The predicted molar refractivity (Wildman–Crippen MR) is 137 cm³/mol. The summed E-state index contributed by atoms with van der Waals surface area (Å²) < 4.78 is 11.8. The Kier molecular flexibility index (Phi) is 8.79. The maximum atomic E-state index is 13.3. The SMILES string of the molecule is O=C(C[C@@]1(COc2ccc(Cl)cc2)CCCN(C(=O)COc2ccc(Cl)cc2)C1)N1CCCCC1. The smallest absolute Gasteiger partial charge is 0.260 e. The minimum Gasteiger partial charge on any atom is -0.493 e. The predicted octanol–water partition coefficient (Wildman–Crippen LogP) is 5.46. The second-order valence-corrected chi connectivity index (χ2v) is 10.4. The first kappa shape index (κ1) is 25.6. The van der Waals surface area contributed by atoms with Gasteiger partial charge in [0.25, 0.3) is 5.91 Å². The lowest BCUT2D eigenvalue weighted by Gasteiger charge is -2.43. The van der Waals surface area contributed by atoms with Gasteiger partial charge in [0.1, 0.15) is 11.5 Å². The highest BCUT2D eigenvalue weighted by molar-refractivity contribution is 6.30. The van der Waals surface area contributed by atoms with Crippen molar-refractivity contribution in [3.8, 4) is 11.5 Å². The van der Waals surface area contributed by atoms with Gasteiger partial charge < -0.3 is 19.3 Å². The number of halogens is 2. The molecule has 0 unspecified atom stereocenters. The van der Waals surface area contributed by atoms with Gasteiger partial charge in [-0.2, -0.15) is 0 Å². The number of carbonyl (C=O) groups excluding carboxylic acids is 2. The molecule has 2 aliphatic heterocycles. The highest BCUT2D eigenvalue weighted by Gasteiger charge is 2.41. The molecule has 0 radical (unpaired) electrons. The molecule has 2 saturated heterocycles. The second kappa shape index (κ2) is 12.0. The number of likely N-dealkylation sites (tertiary alicyclic amines) is 2. The summed E-state index contributed by atoms with van der Waals surface area (Å²) in [7, 11) is 0. The average molecular weight is 519 g/mol. The molecule has 1 atom stereocenters. The summed E-state index contributed by atoms with van der Waals surface area (Å²) >= 11 is 11.9. The molecule has 188 valence electrons. The maximum Gasteiger partial charge on any atom is 0.260 e. The van der Waals surface area contributed by atoms with Gasteiger partial charge in [-0.1, -0.05) is 23.2 Å². The van der Waals surface area contributed by atoms with E-state index in [1.54, 1.807) is 36.4 Å². The standard InChI is InChI=1S/C27H32Cl2N2O4/c28-21-5-9-23(10-6-21)34-18-26(33)31-16-4-13-27(19-31,17-25(32)30-14-2-1-3-15-30)20-35-24-11-7-22(29)8-12-24/h5-12H,1-4,13-20H2/t27-/m0/s1. The summed E-state index contributed by atoms with van der Waals surface area (Å²) in [6, 6.07) is 14.2. The Morgan fingerprint density at radius 1 is 0.743 bits per heavy atom. The zero-order chi connectivity index (χ0) is 24.7. The van der Waals surface area contributed by atoms with Crippen molar-refractivity contribution in [2.45, 2.75) is 38.5 Å². The summed E-state index contributed by atoms with van der Waals surface area (Å²) in [4.78, 5) is 30.1. The summed E-state index contributed by atoms with van der Waals surface area (Å²) in [6.45, 7) is 3.02. The number of piperidine rings is 2. The Hall–Kier alpha value is -2.44. The van der Waals surface area contributed by atoms with E-state index in [1.165, 1.54) is 6.42 Å². The van der Waals surface area contributed by atoms with Crippen LogP contribution in [0.4, 0.5) is 0 Å². The summed E-state index contributed by atoms with van der Waals surface area (Å²) in [5.74, 6) is 1.35. The van der Waals surface area contributed by atoms with E-state index in [-0.39, 0.29) is 18.4 Å². The van der Waals surface area contributed by atoms with E-state index >= 15 is 0 Å². The van der Waals surface area contributed by atoms with Crippen molar-refractivity contribution in [3.05, 3.63) is 58.6 Å². The molecule has 8 heteroatoms. The number of hydrogen-bond donors (Lipinski definition) is 0. The molecule has 0 bridgehead atoms. The molecule has 2 aromatic carbocycles. The van der Waals surface area contributed by atoms with Crippen molar-refractivity contribution in [2.24, 2.45) is 5.41 Å².